The molecule has 2 aromatic carbocycles. The maximum Gasteiger partial charge on any atom is 0.0618 e. The van der Waals surface area contributed by atoms with Crippen molar-refractivity contribution in [2.45, 2.75) is 71.1 Å². The van der Waals surface area contributed by atoms with Gasteiger partial charge in [-0.15, -0.1) is 0 Å². The molecule has 0 heterocycles. The van der Waals surface area contributed by atoms with Gasteiger partial charge in [-0.1, -0.05) is 125 Å². The lowest BCUT2D eigenvalue weighted by atomic mass is 10.1. The largest absolute Gasteiger partial charge is 0.310 e. The van der Waals surface area contributed by atoms with Gasteiger partial charge in [0.1, 0.15) is 0 Å². The van der Waals surface area contributed by atoms with E-state index in [1.54, 1.807) is 0 Å². The average Bonchev–Trinajstić information content (AvgIpc) is 2.75. The molecular weight excluding hydrogens is 360 g/mol. The van der Waals surface area contributed by atoms with Crippen LogP contribution in [0.5, 0.6) is 0 Å². The van der Waals surface area contributed by atoms with Gasteiger partial charge in [-0.2, -0.15) is 0 Å². The van der Waals surface area contributed by atoms with Crippen LogP contribution in [-0.2, 0) is 4.18 Å². The molecule has 0 N–H and O–H groups in total. The summed E-state index contributed by atoms with van der Waals surface area (Å²) in [5, 5.41) is 0. The third-order valence-corrected chi connectivity index (χ3v) is 5.70. The Kier molecular flexibility index (Phi) is 12.5. The monoisotopic (exact) mass is 396 g/mol. The van der Waals surface area contributed by atoms with Gasteiger partial charge in [-0.25, -0.2) is 0 Å². The minimum absolute atomic E-state index is 0.820. The second-order valence-corrected chi connectivity index (χ2v) is 8.21. The molecule has 2 heteroatoms. The normalized spacial score (nSPS) is 11.7. The molecule has 1 nitrogen and oxygen atoms in total. The SMILES string of the molecule is CCCCCCCCCCCCOS/C(=C/c1ccccc1)c1ccccc1. The first kappa shape index (κ1) is 22.8. The van der Waals surface area contributed by atoms with Gasteiger partial charge in [0.25, 0.3) is 0 Å². The van der Waals surface area contributed by atoms with Crippen LogP contribution in [0.2, 0.25) is 0 Å². The van der Waals surface area contributed by atoms with E-state index in [0.29, 0.717) is 0 Å². The van der Waals surface area contributed by atoms with Crippen LogP contribution in [0.1, 0.15) is 82.3 Å². The molecule has 0 aliphatic rings. The smallest absolute Gasteiger partial charge is 0.0618 e. The zero-order valence-electron chi connectivity index (χ0n) is 17.4. The van der Waals surface area contributed by atoms with Crippen molar-refractivity contribution in [2.24, 2.45) is 0 Å². The van der Waals surface area contributed by atoms with Crippen LogP contribution in [0.15, 0.2) is 60.7 Å². The Morgan fingerprint density at radius 2 is 1.25 bits per heavy atom. The fourth-order valence-electron chi connectivity index (χ4n) is 3.21. The molecule has 0 atom stereocenters. The molecule has 0 aromatic heterocycles. The molecular formula is C26H36OS. The van der Waals surface area contributed by atoms with E-state index in [2.05, 4.69) is 67.6 Å². The molecule has 2 rings (SSSR count). The van der Waals surface area contributed by atoms with Crippen molar-refractivity contribution in [1.29, 1.82) is 0 Å². The Morgan fingerprint density at radius 3 is 1.86 bits per heavy atom. The number of rotatable bonds is 15. The first-order chi connectivity index (χ1) is 13.9. The summed E-state index contributed by atoms with van der Waals surface area (Å²) in [7, 11) is 0. The van der Waals surface area contributed by atoms with Crippen LogP contribution in [0.25, 0.3) is 11.0 Å². The molecule has 152 valence electrons. The van der Waals surface area contributed by atoms with Crippen LogP contribution < -0.4 is 0 Å². The van der Waals surface area contributed by atoms with Gasteiger partial charge in [0.2, 0.25) is 0 Å². The summed E-state index contributed by atoms with van der Waals surface area (Å²) in [4.78, 5) is 1.17. The number of benzene rings is 2. The Labute approximate surface area is 176 Å². The Bertz CT molecular complexity index is 636. The van der Waals surface area contributed by atoms with E-state index >= 15 is 0 Å². The van der Waals surface area contributed by atoms with Crippen molar-refractivity contribution in [3.8, 4) is 0 Å². The molecule has 0 spiro atoms. The van der Waals surface area contributed by atoms with E-state index in [1.807, 2.05) is 6.07 Å². The predicted molar refractivity (Wildman–Crippen MR) is 126 cm³/mol. The molecule has 0 bridgehead atoms. The molecule has 0 aliphatic carbocycles. The van der Waals surface area contributed by atoms with Gasteiger partial charge < -0.3 is 4.18 Å². The molecule has 0 fully saturated rings. The summed E-state index contributed by atoms with van der Waals surface area (Å²) in [6, 6.07) is 21.0. The van der Waals surface area contributed by atoms with Crippen molar-refractivity contribution in [3.05, 3.63) is 71.8 Å². The zero-order chi connectivity index (χ0) is 19.7. The van der Waals surface area contributed by atoms with Crippen molar-refractivity contribution in [2.75, 3.05) is 6.61 Å². The van der Waals surface area contributed by atoms with E-state index in [-0.39, 0.29) is 0 Å². The summed E-state index contributed by atoms with van der Waals surface area (Å²) >= 11 is 1.51. The van der Waals surface area contributed by atoms with Crippen molar-refractivity contribution < 1.29 is 4.18 Å². The first-order valence-electron chi connectivity index (χ1n) is 11.0. The second-order valence-electron chi connectivity index (χ2n) is 7.37. The second kappa shape index (κ2) is 15.4. The lowest BCUT2D eigenvalue weighted by molar-refractivity contribution is 0.358. The van der Waals surface area contributed by atoms with Crippen molar-refractivity contribution in [3.63, 3.8) is 0 Å². The Hall–Kier alpha value is -1.51. The van der Waals surface area contributed by atoms with Crippen molar-refractivity contribution in [1.82, 2.24) is 0 Å². The molecule has 0 radical (unpaired) electrons. The third-order valence-electron chi connectivity index (χ3n) is 4.89. The van der Waals surface area contributed by atoms with Gasteiger partial charge in [0, 0.05) is 16.9 Å². The quantitative estimate of drug-likeness (QED) is 0.169. The Balaban J connectivity index is 1.64. The number of unbranched alkanes of at least 4 members (excludes halogenated alkanes) is 9. The van der Waals surface area contributed by atoms with Crippen LogP contribution in [0, 0.1) is 0 Å². The van der Waals surface area contributed by atoms with Crippen LogP contribution in [0.3, 0.4) is 0 Å². The minimum Gasteiger partial charge on any atom is -0.310 e. The van der Waals surface area contributed by atoms with E-state index in [4.69, 9.17) is 4.18 Å². The average molecular weight is 397 g/mol. The summed E-state index contributed by atoms with van der Waals surface area (Å²) in [5.41, 5.74) is 2.41. The van der Waals surface area contributed by atoms with Gasteiger partial charge in [-0.3, -0.25) is 0 Å². The van der Waals surface area contributed by atoms with E-state index in [9.17, 15) is 0 Å². The highest BCUT2D eigenvalue weighted by Gasteiger charge is 2.04. The summed E-state index contributed by atoms with van der Waals surface area (Å²) in [6.45, 7) is 3.10. The third kappa shape index (κ3) is 10.1. The maximum absolute atomic E-state index is 5.94. The fourth-order valence-corrected chi connectivity index (χ4v) is 3.96. The van der Waals surface area contributed by atoms with Gasteiger partial charge >= 0.3 is 0 Å². The maximum atomic E-state index is 5.94. The van der Waals surface area contributed by atoms with E-state index < -0.39 is 0 Å². The zero-order valence-corrected chi connectivity index (χ0v) is 18.3. The van der Waals surface area contributed by atoms with Crippen molar-refractivity contribution >= 4 is 23.0 Å². The topological polar surface area (TPSA) is 9.23 Å². The highest BCUT2D eigenvalue weighted by molar-refractivity contribution is 8.04. The van der Waals surface area contributed by atoms with E-state index in [0.717, 1.165) is 13.0 Å². The standard InChI is InChI=1S/C26H36OS/c1-2-3-4-5-6-7-8-9-10-17-22-27-28-26(25-20-15-12-16-21-25)23-24-18-13-11-14-19-24/h11-16,18-21,23H,2-10,17,22H2,1H3/b26-23+. The minimum atomic E-state index is 0.820. The molecule has 0 amide bonds. The summed E-state index contributed by atoms with van der Waals surface area (Å²) < 4.78 is 5.94. The molecule has 28 heavy (non-hydrogen) atoms. The number of hydrogen-bond acceptors (Lipinski definition) is 2. The van der Waals surface area contributed by atoms with Crippen LogP contribution in [0.4, 0.5) is 0 Å². The van der Waals surface area contributed by atoms with Gasteiger partial charge in [0.05, 0.1) is 6.61 Å². The fraction of sp³-hybridized carbons (Fsp3) is 0.462. The molecule has 2 aromatic rings. The molecule has 0 saturated carbocycles. The lowest BCUT2D eigenvalue weighted by Crippen LogP contribution is -1.89. The van der Waals surface area contributed by atoms with Crippen LogP contribution >= 0.6 is 12.0 Å². The number of hydrogen-bond donors (Lipinski definition) is 0. The molecule has 0 unspecified atom stereocenters. The highest BCUT2D eigenvalue weighted by Crippen LogP contribution is 2.30. The molecule has 0 aliphatic heterocycles. The predicted octanol–water partition coefficient (Wildman–Crippen LogP) is 8.77. The Morgan fingerprint density at radius 1 is 0.714 bits per heavy atom. The van der Waals surface area contributed by atoms with Gasteiger partial charge in [0.15, 0.2) is 0 Å². The first-order valence-corrected chi connectivity index (χ1v) is 11.8. The lowest BCUT2D eigenvalue weighted by Gasteiger charge is -2.08. The summed E-state index contributed by atoms with van der Waals surface area (Å²) in [5.74, 6) is 0. The summed E-state index contributed by atoms with van der Waals surface area (Å²) in [6.07, 6.45) is 15.7. The van der Waals surface area contributed by atoms with Crippen LogP contribution in [-0.4, -0.2) is 6.61 Å². The highest BCUT2D eigenvalue weighted by atomic mass is 32.2. The van der Waals surface area contributed by atoms with Gasteiger partial charge in [-0.05, 0) is 23.6 Å². The molecule has 0 saturated heterocycles. The van der Waals surface area contributed by atoms with E-state index in [1.165, 1.54) is 85.9 Å².